The molecule has 1 amide bonds. The average molecular weight is 343 g/mol. The maximum absolute atomic E-state index is 12.2. The number of methoxy groups -OCH3 is 2. The SMILES string of the molecule is COc1ccc(OC)c([C@H](C)NC(=O)COc2cc(C)ccc2C)c1. The Balaban J connectivity index is 2.01. The lowest BCUT2D eigenvalue weighted by molar-refractivity contribution is -0.123. The molecule has 0 aromatic heterocycles. The van der Waals surface area contributed by atoms with Crippen molar-refractivity contribution >= 4 is 5.91 Å². The third-order valence-electron chi connectivity index (χ3n) is 3.98. The first kappa shape index (κ1) is 18.6. The van der Waals surface area contributed by atoms with Crippen molar-refractivity contribution in [2.45, 2.75) is 26.8 Å². The van der Waals surface area contributed by atoms with Crippen molar-refractivity contribution in [3.8, 4) is 17.2 Å². The summed E-state index contributed by atoms with van der Waals surface area (Å²) in [4.78, 5) is 12.2. The smallest absolute Gasteiger partial charge is 0.258 e. The van der Waals surface area contributed by atoms with Crippen molar-refractivity contribution in [2.24, 2.45) is 0 Å². The van der Waals surface area contributed by atoms with E-state index in [0.29, 0.717) is 11.5 Å². The van der Waals surface area contributed by atoms with Crippen LogP contribution in [0.5, 0.6) is 17.2 Å². The topological polar surface area (TPSA) is 56.8 Å². The number of carbonyl (C=O) groups is 1. The zero-order valence-corrected chi connectivity index (χ0v) is 15.4. The monoisotopic (exact) mass is 343 g/mol. The highest BCUT2D eigenvalue weighted by atomic mass is 16.5. The minimum atomic E-state index is -0.236. The number of benzene rings is 2. The Labute approximate surface area is 148 Å². The Bertz CT molecular complexity index is 742. The number of carbonyl (C=O) groups excluding carboxylic acids is 1. The van der Waals surface area contributed by atoms with Crippen LogP contribution in [0.2, 0.25) is 0 Å². The molecule has 5 heteroatoms. The zero-order valence-electron chi connectivity index (χ0n) is 15.4. The molecule has 25 heavy (non-hydrogen) atoms. The Morgan fingerprint density at radius 3 is 2.48 bits per heavy atom. The number of ether oxygens (including phenoxy) is 3. The molecule has 1 N–H and O–H groups in total. The van der Waals surface area contributed by atoms with Gasteiger partial charge >= 0.3 is 0 Å². The summed E-state index contributed by atoms with van der Waals surface area (Å²) < 4.78 is 16.3. The molecule has 0 aliphatic heterocycles. The number of aryl methyl sites for hydroxylation is 2. The molecule has 1 atom stereocenters. The molecular formula is C20H25NO4. The molecule has 0 aliphatic carbocycles. The minimum absolute atomic E-state index is 0.0408. The average Bonchev–Trinajstić information content (AvgIpc) is 2.61. The summed E-state index contributed by atoms with van der Waals surface area (Å²) in [6.45, 7) is 5.80. The Hall–Kier alpha value is -2.69. The van der Waals surface area contributed by atoms with E-state index in [1.165, 1.54) is 0 Å². The van der Waals surface area contributed by atoms with Crippen LogP contribution in [0.1, 0.15) is 29.7 Å². The van der Waals surface area contributed by atoms with Crippen LogP contribution in [0.3, 0.4) is 0 Å². The first-order valence-corrected chi connectivity index (χ1v) is 8.16. The molecule has 0 unspecified atom stereocenters. The molecule has 0 bridgehead atoms. The van der Waals surface area contributed by atoms with Crippen LogP contribution < -0.4 is 19.5 Å². The van der Waals surface area contributed by atoms with Crippen molar-refractivity contribution in [3.63, 3.8) is 0 Å². The number of rotatable bonds is 7. The summed E-state index contributed by atoms with van der Waals surface area (Å²) in [6, 6.07) is 11.2. The van der Waals surface area contributed by atoms with Gasteiger partial charge in [0.05, 0.1) is 20.3 Å². The molecule has 0 heterocycles. The minimum Gasteiger partial charge on any atom is -0.497 e. The van der Waals surface area contributed by atoms with Gasteiger partial charge in [-0.15, -0.1) is 0 Å². The maximum Gasteiger partial charge on any atom is 0.258 e. The predicted molar refractivity (Wildman–Crippen MR) is 97.5 cm³/mol. The van der Waals surface area contributed by atoms with Gasteiger partial charge in [0.15, 0.2) is 6.61 Å². The zero-order chi connectivity index (χ0) is 18.4. The number of hydrogen-bond donors (Lipinski definition) is 1. The van der Waals surface area contributed by atoms with Gasteiger partial charge in [-0.2, -0.15) is 0 Å². The van der Waals surface area contributed by atoms with Gasteiger partial charge in [-0.25, -0.2) is 0 Å². The van der Waals surface area contributed by atoms with Crippen molar-refractivity contribution in [3.05, 3.63) is 53.1 Å². The first-order chi connectivity index (χ1) is 11.9. The second-order valence-electron chi connectivity index (χ2n) is 5.95. The molecule has 0 spiro atoms. The lowest BCUT2D eigenvalue weighted by Gasteiger charge is -2.18. The lowest BCUT2D eigenvalue weighted by atomic mass is 10.1. The van der Waals surface area contributed by atoms with Gasteiger partial charge in [0.25, 0.3) is 5.91 Å². The van der Waals surface area contributed by atoms with Crippen LogP contribution in [-0.4, -0.2) is 26.7 Å². The van der Waals surface area contributed by atoms with Gasteiger partial charge in [-0.3, -0.25) is 4.79 Å². The van der Waals surface area contributed by atoms with Crippen LogP contribution in [0, 0.1) is 13.8 Å². The normalized spacial score (nSPS) is 11.6. The van der Waals surface area contributed by atoms with E-state index >= 15 is 0 Å². The van der Waals surface area contributed by atoms with Gasteiger partial charge in [-0.1, -0.05) is 12.1 Å². The van der Waals surface area contributed by atoms with E-state index in [0.717, 1.165) is 22.4 Å². The van der Waals surface area contributed by atoms with Gasteiger partial charge < -0.3 is 19.5 Å². The Morgan fingerprint density at radius 1 is 1.04 bits per heavy atom. The van der Waals surface area contributed by atoms with Gasteiger partial charge in [0.2, 0.25) is 0 Å². The largest absolute Gasteiger partial charge is 0.497 e. The first-order valence-electron chi connectivity index (χ1n) is 8.16. The van der Waals surface area contributed by atoms with E-state index in [2.05, 4.69) is 5.32 Å². The summed E-state index contributed by atoms with van der Waals surface area (Å²) in [5, 5.41) is 2.93. The van der Waals surface area contributed by atoms with Crippen LogP contribution in [-0.2, 0) is 4.79 Å². The highest BCUT2D eigenvalue weighted by Gasteiger charge is 2.16. The van der Waals surface area contributed by atoms with E-state index in [1.54, 1.807) is 14.2 Å². The fourth-order valence-corrected chi connectivity index (χ4v) is 2.54. The maximum atomic E-state index is 12.2. The molecule has 0 saturated carbocycles. The fraction of sp³-hybridized carbons (Fsp3) is 0.350. The fourth-order valence-electron chi connectivity index (χ4n) is 2.54. The highest BCUT2D eigenvalue weighted by Crippen LogP contribution is 2.29. The van der Waals surface area contributed by atoms with E-state index in [-0.39, 0.29) is 18.6 Å². The van der Waals surface area contributed by atoms with Crippen molar-refractivity contribution in [1.29, 1.82) is 0 Å². The summed E-state index contributed by atoms with van der Waals surface area (Å²) in [5.74, 6) is 1.94. The lowest BCUT2D eigenvalue weighted by Crippen LogP contribution is -2.31. The van der Waals surface area contributed by atoms with Crippen LogP contribution in [0.4, 0.5) is 0 Å². The quantitative estimate of drug-likeness (QED) is 0.835. The predicted octanol–water partition coefficient (Wildman–Crippen LogP) is 3.58. The Morgan fingerprint density at radius 2 is 1.80 bits per heavy atom. The summed E-state index contributed by atoms with van der Waals surface area (Å²) in [5.41, 5.74) is 2.94. The van der Waals surface area contributed by atoms with E-state index in [1.807, 2.05) is 57.2 Å². The van der Waals surface area contributed by atoms with E-state index < -0.39 is 0 Å². The van der Waals surface area contributed by atoms with Crippen molar-refractivity contribution in [1.82, 2.24) is 5.32 Å². The summed E-state index contributed by atoms with van der Waals surface area (Å²) in [7, 11) is 3.20. The molecule has 0 radical (unpaired) electrons. The molecule has 0 saturated heterocycles. The molecule has 5 nitrogen and oxygen atoms in total. The van der Waals surface area contributed by atoms with Crippen molar-refractivity contribution in [2.75, 3.05) is 20.8 Å². The van der Waals surface area contributed by atoms with Gasteiger partial charge in [-0.05, 0) is 56.2 Å². The molecule has 0 aliphatic rings. The number of hydrogen-bond acceptors (Lipinski definition) is 4. The molecular weight excluding hydrogens is 318 g/mol. The molecule has 2 aromatic carbocycles. The Kier molecular flexibility index (Phi) is 6.28. The summed E-state index contributed by atoms with van der Waals surface area (Å²) in [6.07, 6.45) is 0. The van der Waals surface area contributed by atoms with Gasteiger partial charge in [0, 0.05) is 5.56 Å². The van der Waals surface area contributed by atoms with Crippen molar-refractivity contribution < 1.29 is 19.0 Å². The van der Waals surface area contributed by atoms with E-state index in [9.17, 15) is 4.79 Å². The van der Waals surface area contributed by atoms with Crippen LogP contribution in [0.25, 0.3) is 0 Å². The summed E-state index contributed by atoms with van der Waals surface area (Å²) >= 11 is 0. The molecule has 2 rings (SSSR count). The third-order valence-corrected chi connectivity index (χ3v) is 3.98. The molecule has 134 valence electrons. The second-order valence-corrected chi connectivity index (χ2v) is 5.95. The van der Waals surface area contributed by atoms with Crippen LogP contribution in [0.15, 0.2) is 36.4 Å². The molecule has 2 aromatic rings. The van der Waals surface area contributed by atoms with Gasteiger partial charge in [0.1, 0.15) is 17.2 Å². The van der Waals surface area contributed by atoms with Crippen LogP contribution >= 0.6 is 0 Å². The third kappa shape index (κ3) is 4.89. The number of amides is 1. The highest BCUT2D eigenvalue weighted by molar-refractivity contribution is 5.78. The number of nitrogens with one attached hydrogen (secondary N) is 1. The van der Waals surface area contributed by atoms with E-state index in [4.69, 9.17) is 14.2 Å². The second kappa shape index (κ2) is 8.42. The molecule has 0 fully saturated rings. The standard InChI is InChI=1S/C20H25NO4/c1-13-6-7-14(2)19(10-13)25-12-20(22)21-15(3)17-11-16(23-4)8-9-18(17)24-5/h6-11,15H,12H2,1-5H3,(H,21,22)/t15-/m0/s1.